The van der Waals surface area contributed by atoms with Gasteiger partial charge in [-0.05, 0) is 37.3 Å². The van der Waals surface area contributed by atoms with Crippen LogP contribution in [0.2, 0.25) is 0 Å². The van der Waals surface area contributed by atoms with Crippen molar-refractivity contribution >= 4 is 41.0 Å². The van der Waals surface area contributed by atoms with Crippen LogP contribution in [0.25, 0.3) is 5.70 Å². The summed E-state index contributed by atoms with van der Waals surface area (Å²) in [5, 5.41) is 0. The van der Waals surface area contributed by atoms with E-state index in [4.69, 9.17) is 16.2 Å². The van der Waals surface area contributed by atoms with E-state index in [1.165, 1.54) is 14.4 Å². The smallest absolute Gasteiger partial charge is 0.283 e. The van der Waals surface area contributed by atoms with Crippen LogP contribution >= 0.6 is 0 Å². The Hall–Kier alpha value is -5.65. The monoisotopic (exact) mass is 665 g/mol. The second kappa shape index (κ2) is 14.2. The lowest BCUT2D eigenvalue weighted by molar-refractivity contribution is -0.684. The van der Waals surface area contributed by atoms with Crippen LogP contribution in [0.15, 0.2) is 96.4 Å². The minimum atomic E-state index is -1.47. The topological polar surface area (TPSA) is 169 Å². The quantitative estimate of drug-likeness (QED) is 0.281. The molecule has 5 rings (SSSR count). The molecule has 2 aliphatic heterocycles. The number of ketones is 1. The van der Waals surface area contributed by atoms with Crippen molar-refractivity contribution in [1.29, 1.82) is 0 Å². The molecule has 0 saturated heterocycles. The summed E-state index contributed by atoms with van der Waals surface area (Å²) >= 11 is 0. The van der Waals surface area contributed by atoms with Gasteiger partial charge in [-0.3, -0.25) is 28.9 Å². The summed E-state index contributed by atoms with van der Waals surface area (Å²) in [4.78, 5) is 75.5. The average Bonchev–Trinajstić information content (AvgIpc) is 3.44. The van der Waals surface area contributed by atoms with E-state index in [-0.39, 0.29) is 36.7 Å². The zero-order valence-corrected chi connectivity index (χ0v) is 28.0. The van der Waals surface area contributed by atoms with Crippen molar-refractivity contribution in [1.82, 2.24) is 9.80 Å². The number of benzene rings is 2. The van der Waals surface area contributed by atoms with Crippen molar-refractivity contribution in [2.45, 2.75) is 58.3 Å². The lowest BCUT2D eigenvalue weighted by Crippen LogP contribution is -2.62. The first kappa shape index (κ1) is 34.7. The normalized spacial score (nSPS) is 18.3. The first-order valence-corrected chi connectivity index (χ1v) is 16.1. The number of ether oxygens (including phenoxy) is 1. The highest BCUT2D eigenvalue weighted by molar-refractivity contribution is 6.38. The van der Waals surface area contributed by atoms with E-state index < -0.39 is 58.9 Å². The second-order valence-corrected chi connectivity index (χ2v) is 13.2. The number of nitrogens with two attached hydrogens (primary N) is 2. The highest BCUT2D eigenvalue weighted by Gasteiger charge is 2.49. The molecule has 2 unspecified atom stereocenters. The van der Waals surface area contributed by atoms with Crippen molar-refractivity contribution in [3.8, 4) is 0 Å². The number of carbonyl (C=O) groups is 5. The van der Waals surface area contributed by atoms with E-state index in [1.807, 2.05) is 44.2 Å². The van der Waals surface area contributed by atoms with E-state index in [1.54, 1.807) is 74.9 Å². The fourth-order valence-corrected chi connectivity index (χ4v) is 6.18. The Morgan fingerprint density at radius 2 is 1.57 bits per heavy atom. The molecular formula is C37H41N6O6+. The summed E-state index contributed by atoms with van der Waals surface area (Å²) < 4.78 is 7.28. The number of aromatic nitrogens is 1. The Morgan fingerprint density at radius 1 is 0.959 bits per heavy atom. The number of hydrogen-bond acceptors (Lipinski definition) is 7. The number of Topliss-reactive ketones (excluding diaryl/α,β-unsaturated/α-hetero) is 1. The predicted octanol–water partition coefficient (Wildman–Crippen LogP) is 2.26. The van der Waals surface area contributed by atoms with Crippen LogP contribution in [-0.4, -0.2) is 69.3 Å². The third kappa shape index (κ3) is 7.58. The maximum Gasteiger partial charge on any atom is 0.283 e. The Kier molecular flexibility index (Phi) is 10.1. The lowest BCUT2D eigenvalue weighted by atomic mass is 9.84. The van der Waals surface area contributed by atoms with Crippen molar-refractivity contribution in [3.05, 3.63) is 108 Å². The molecule has 0 aliphatic carbocycles. The average molecular weight is 666 g/mol. The molecule has 0 fully saturated rings. The number of hydrogen-bond donors (Lipinski definition) is 2. The summed E-state index contributed by atoms with van der Waals surface area (Å²) in [5.41, 5.74) is 12.6. The molecule has 3 atom stereocenters. The fraction of sp³-hybridized carbons (Fsp3) is 0.324. The Morgan fingerprint density at radius 3 is 2.10 bits per heavy atom. The van der Waals surface area contributed by atoms with Crippen molar-refractivity contribution in [2.75, 3.05) is 6.61 Å². The zero-order chi connectivity index (χ0) is 35.5. The van der Waals surface area contributed by atoms with Gasteiger partial charge in [-0.15, -0.1) is 0 Å². The molecule has 2 aromatic carbocycles. The van der Waals surface area contributed by atoms with Crippen molar-refractivity contribution in [3.63, 3.8) is 0 Å². The van der Waals surface area contributed by atoms with Crippen LogP contribution in [0.3, 0.4) is 0 Å². The standard InChI is InChI=1S/C37H40N6O6/c1-23(2)30-36(48)43(31(33(39)46)27(19-24-11-7-5-8-12-24)32(45)34-40-37(3,4)22-49-34)28(25-13-9-6-10-14-25)20-42(30)35(47)26-15-17-41(18-16-26)21-29(38)44/h5-18,20,23,27,30-31H,19,21-22H2,1-4H3,(H3-,38,39,44,46)/p+1/t27?,30?,31-/m0/s1. The van der Waals surface area contributed by atoms with E-state index >= 15 is 0 Å². The summed E-state index contributed by atoms with van der Waals surface area (Å²) in [6.07, 6.45) is 4.72. The van der Waals surface area contributed by atoms with Gasteiger partial charge >= 0.3 is 0 Å². The molecule has 0 spiro atoms. The van der Waals surface area contributed by atoms with Gasteiger partial charge in [0, 0.05) is 18.3 Å². The molecule has 3 aromatic rings. The Balaban J connectivity index is 1.66. The Bertz CT molecular complexity index is 1800. The van der Waals surface area contributed by atoms with Gasteiger partial charge in [-0.2, -0.15) is 4.57 Å². The lowest BCUT2D eigenvalue weighted by Gasteiger charge is -2.45. The van der Waals surface area contributed by atoms with Gasteiger partial charge in [0.05, 0.1) is 22.7 Å². The van der Waals surface area contributed by atoms with E-state index in [2.05, 4.69) is 4.99 Å². The molecule has 1 aromatic heterocycles. The highest BCUT2D eigenvalue weighted by Crippen LogP contribution is 2.36. The Labute approximate surface area is 285 Å². The minimum Gasteiger partial charge on any atom is -0.473 e. The number of carbonyl (C=O) groups excluding carboxylic acids is 5. The largest absolute Gasteiger partial charge is 0.473 e. The van der Waals surface area contributed by atoms with Crippen molar-refractivity contribution in [2.24, 2.45) is 28.3 Å². The third-order valence-electron chi connectivity index (χ3n) is 8.49. The molecule has 4 amide bonds. The van der Waals surface area contributed by atoms with Crippen LogP contribution in [-0.2, 0) is 36.9 Å². The van der Waals surface area contributed by atoms with E-state index in [0.29, 0.717) is 5.56 Å². The SMILES string of the molecule is CC(C)C1C(=O)N([C@H](C(N)=O)C(Cc2ccccc2)C(=O)C2=NC(C)(C)CO2)C(c2ccccc2)=CN1C(=O)c1cc[n+](CC(N)=O)cc1. The van der Waals surface area contributed by atoms with Gasteiger partial charge in [0.15, 0.2) is 12.4 Å². The minimum absolute atomic E-state index is 0.0618. The number of pyridine rings is 1. The molecule has 3 heterocycles. The number of amides is 4. The summed E-state index contributed by atoms with van der Waals surface area (Å²) in [6.45, 7) is 7.37. The molecular weight excluding hydrogens is 624 g/mol. The summed E-state index contributed by atoms with van der Waals surface area (Å²) in [5.74, 6) is -4.75. The number of primary amides is 2. The van der Waals surface area contributed by atoms with Gasteiger partial charge in [0.2, 0.25) is 18.2 Å². The van der Waals surface area contributed by atoms with Gasteiger partial charge in [-0.25, -0.2) is 4.99 Å². The molecule has 12 nitrogen and oxygen atoms in total. The van der Waals surface area contributed by atoms with Gasteiger partial charge in [0.25, 0.3) is 23.6 Å². The molecule has 0 bridgehead atoms. The van der Waals surface area contributed by atoms with E-state index in [9.17, 15) is 24.0 Å². The van der Waals surface area contributed by atoms with E-state index in [0.717, 1.165) is 5.56 Å². The predicted molar refractivity (Wildman–Crippen MR) is 181 cm³/mol. The number of aliphatic imine (C=N–C) groups is 1. The molecule has 0 radical (unpaired) electrons. The molecule has 49 heavy (non-hydrogen) atoms. The molecule has 2 aliphatic rings. The molecule has 12 heteroatoms. The van der Waals surface area contributed by atoms with Gasteiger partial charge in [0.1, 0.15) is 18.7 Å². The maximum absolute atomic E-state index is 14.9. The fourth-order valence-electron chi connectivity index (χ4n) is 6.18. The number of rotatable bonds is 12. The molecule has 0 saturated carbocycles. The van der Waals surface area contributed by atoms with Gasteiger partial charge in [-0.1, -0.05) is 74.5 Å². The summed E-state index contributed by atoms with van der Waals surface area (Å²) in [6, 6.07) is 18.5. The third-order valence-corrected chi connectivity index (χ3v) is 8.49. The second-order valence-electron chi connectivity index (χ2n) is 13.2. The first-order chi connectivity index (χ1) is 23.3. The van der Waals surface area contributed by atoms with Crippen LogP contribution in [0, 0.1) is 11.8 Å². The molecule has 254 valence electrons. The maximum atomic E-state index is 14.9. The molecule has 4 N–H and O–H groups in total. The highest BCUT2D eigenvalue weighted by atomic mass is 16.5. The first-order valence-electron chi connectivity index (χ1n) is 16.1. The van der Waals surface area contributed by atoms with Crippen LogP contribution in [0.5, 0.6) is 0 Å². The summed E-state index contributed by atoms with van der Waals surface area (Å²) in [7, 11) is 0. The van der Waals surface area contributed by atoms with Gasteiger partial charge < -0.3 is 21.1 Å². The zero-order valence-electron chi connectivity index (χ0n) is 28.0. The van der Waals surface area contributed by atoms with Crippen LogP contribution in [0.4, 0.5) is 0 Å². The van der Waals surface area contributed by atoms with Crippen LogP contribution < -0.4 is 16.0 Å². The number of nitrogens with zero attached hydrogens (tertiary/aromatic N) is 4. The van der Waals surface area contributed by atoms with Crippen molar-refractivity contribution < 1.29 is 33.3 Å². The van der Waals surface area contributed by atoms with Crippen LogP contribution in [0.1, 0.15) is 49.2 Å².